The molecule has 5 aromatic carbocycles. The van der Waals surface area contributed by atoms with E-state index in [9.17, 15) is 52.7 Å². The lowest BCUT2D eigenvalue weighted by Gasteiger charge is -2.24. The number of nitrogens with zero attached hydrogens (tertiary/aromatic N) is 5. The van der Waals surface area contributed by atoms with Crippen LogP contribution < -0.4 is 41.0 Å². The second kappa shape index (κ2) is 31.5. The number of carbonyl (C=O) groups excluding carboxylic acids is 11. The van der Waals surface area contributed by atoms with Crippen molar-refractivity contribution < 1.29 is 67.0 Å². The van der Waals surface area contributed by atoms with Crippen LogP contribution in [0.15, 0.2) is 109 Å². The van der Waals surface area contributed by atoms with Gasteiger partial charge in [-0.3, -0.25) is 43.3 Å². The highest BCUT2D eigenvalue weighted by molar-refractivity contribution is 7.16. The Kier molecular flexibility index (Phi) is 23.1. The Morgan fingerprint density at radius 3 is 1.82 bits per heavy atom. The van der Waals surface area contributed by atoms with Gasteiger partial charge in [0.2, 0.25) is 11.8 Å². The van der Waals surface area contributed by atoms with Crippen molar-refractivity contribution in [2.24, 2.45) is 17.6 Å². The third-order valence-electron chi connectivity index (χ3n) is 17.2. The van der Waals surface area contributed by atoms with Gasteiger partial charge in [-0.2, -0.15) is 0 Å². The van der Waals surface area contributed by atoms with Gasteiger partial charge in [0.25, 0.3) is 23.6 Å². The molecule has 4 atom stereocenters. The summed E-state index contributed by atoms with van der Waals surface area (Å²) in [4.78, 5) is 152. The van der Waals surface area contributed by atoms with Crippen LogP contribution in [0.4, 0.5) is 31.4 Å². The first-order valence-corrected chi connectivity index (χ1v) is 33.1. The van der Waals surface area contributed by atoms with Crippen molar-refractivity contribution in [3.05, 3.63) is 136 Å². The zero-order valence-electron chi connectivity index (χ0n) is 53.9. The van der Waals surface area contributed by atoms with Gasteiger partial charge in [-0.1, -0.05) is 87.9 Å². The van der Waals surface area contributed by atoms with Gasteiger partial charge in [0.05, 0.1) is 27.2 Å². The molecule has 10 amide bonds. The number of rotatable bonds is 28. The molecule has 0 bridgehead atoms. The average molecular weight is 1340 g/mol. The third-order valence-corrected chi connectivity index (χ3v) is 18.7. The van der Waals surface area contributed by atoms with Gasteiger partial charge < -0.3 is 55.5 Å². The van der Waals surface area contributed by atoms with Crippen molar-refractivity contribution in [3.63, 3.8) is 0 Å². The Labute approximate surface area is 559 Å². The highest BCUT2D eigenvalue weighted by Crippen LogP contribution is 2.49. The summed E-state index contributed by atoms with van der Waals surface area (Å²) in [5, 5.41) is 11.2. The van der Waals surface area contributed by atoms with Crippen molar-refractivity contribution in [2.45, 2.75) is 104 Å². The molecule has 3 aliphatic rings. The molecule has 1 aromatic heterocycles. The number of ether oxygens (including phenoxy) is 3. The number of hydrogen-bond acceptors (Lipinski definition) is 15. The number of hydrogen-bond donors (Lipinski definition) is 4. The van der Waals surface area contributed by atoms with Crippen LogP contribution in [0.2, 0.25) is 0 Å². The summed E-state index contributed by atoms with van der Waals surface area (Å²) in [6.07, 6.45) is 3.82. The van der Waals surface area contributed by atoms with E-state index in [2.05, 4.69) is 22.9 Å². The van der Waals surface area contributed by atoms with Gasteiger partial charge in [-0.05, 0) is 89.8 Å². The van der Waals surface area contributed by atoms with E-state index in [-0.39, 0.29) is 123 Å². The lowest BCUT2D eigenvalue weighted by molar-refractivity contribution is -0.137. The minimum absolute atomic E-state index is 0.0219. The number of fused-ring (bicyclic) bond motifs is 6. The summed E-state index contributed by atoms with van der Waals surface area (Å²) in [6, 6.07) is 26.7. The zero-order valence-corrected chi connectivity index (χ0v) is 55.5. The number of amides is 10. The van der Waals surface area contributed by atoms with Crippen LogP contribution in [0.5, 0.6) is 11.5 Å². The Morgan fingerprint density at radius 2 is 1.26 bits per heavy atom. The van der Waals surface area contributed by atoms with Crippen LogP contribution in [-0.2, 0) is 40.1 Å². The summed E-state index contributed by atoms with van der Waals surface area (Å²) in [7, 11) is 3.05. The fraction of sp³-hybridized carbons (Fsp3) is 0.386. The van der Waals surface area contributed by atoms with Crippen LogP contribution in [0, 0.1) is 11.8 Å². The van der Waals surface area contributed by atoms with Crippen molar-refractivity contribution in [1.29, 1.82) is 0 Å². The van der Waals surface area contributed by atoms with E-state index < -0.39 is 42.1 Å². The number of Topliss-reactive ketones (excluding diaryl/α,β-unsaturated/α-hetero) is 1. The first kappa shape index (κ1) is 69.7. The van der Waals surface area contributed by atoms with E-state index in [0.29, 0.717) is 75.7 Å². The van der Waals surface area contributed by atoms with Crippen molar-refractivity contribution in [3.8, 4) is 11.5 Å². The Morgan fingerprint density at radius 1 is 0.705 bits per heavy atom. The number of likely N-dealkylation sites (N-methyl/N-ethyl adjacent to an activating group) is 2. The predicted molar refractivity (Wildman–Crippen MR) is 361 cm³/mol. The second-order valence-corrected chi connectivity index (χ2v) is 25.7. The maximum Gasteiger partial charge on any atom is 0.415 e. The highest BCUT2D eigenvalue weighted by Gasteiger charge is 2.39. The van der Waals surface area contributed by atoms with Crippen LogP contribution >= 0.6 is 22.9 Å². The fourth-order valence-corrected chi connectivity index (χ4v) is 13.3. The maximum atomic E-state index is 14.7. The number of esters is 1. The van der Waals surface area contributed by atoms with Gasteiger partial charge in [0.15, 0.2) is 5.78 Å². The molecule has 0 fully saturated rings. The fourth-order valence-electron chi connectivity index (χ4n) is 12.2. The van der Waals surface area contributed by atoms with Crippen LogP contribution in [0.3, 0.4) is 0 Å². The standard InChI is InChI=1S/C70H78ClN9O14S/c1-7-44-38-79(52-35-55(93-42(4)81)48-17-10-12-19-50(48)62(44)52)66(87)57-26-27-58(95-57)67(88)80-39-46(37-71)63-51-20-13-11-18-49(51)56(36-53(63)80)94-70(91)77(6)33-32-76(5)69(90)92-40-43-22-24-47(25-23-43)74-65(86)45(16-15-30-73-68(72)89)34-54(82)64(41(2)3)75-59(83)21-9-8-14-31-78-60(84)28-29-61(78)85/h10-13,17-20,22-29,35-36,41,44-46,64H,7-9,14-16,21,30-34,37-40H2,1-6H3,(H,74,86)(H,75,83)(H3,72,73,89)/t44-,45-,46-,64+/m1/s1. The molecule has 9 rings (SSSR count). The Bertz CT molecular complexity index is 3970. The molecule has 0 spiro atoms. The minimum Gasteiger partial charge on any atom is -0.445 e. The monoisotopic (exact) mass is 1340 g/mol. The van der Waals surface area contributed by atoms with Crippen molar-refractivity contribution in [1.82, 2.24) is 25.3 Å². The van der Waals surface area contributed by atoms with E-state index in [0.717, 1.165) is 49.9 Å². The molecule has 0 radical (unpaired) electrons. The molecule has 500 valence electrons. The van der Waals surface area contributed by atoms with E-state index in [1.807, 2.05) is 48.5 Å². The van der Waals surface area contributed by atoms with Gasteiger partial charge in [0, 0.05) is 138 Å². The first-order chi connectivity index (χ1) is 45.5. The Hall–Kier alpha value is -9.68. The van der Waals surface area contributed by atoms with Crippen LogP contribution in [-0.4, -0.2) is 145 Å². The molecule has 95 heavy (non-hydrogen) atoms. The molecule has 0 aliphatic carbocycles. The van der Waals surface area contributed by atoms with Crippen molar-refractivity contribution in [2.75, 3.05) is 74.4 Å². The number of unbranched alkanes of at least 4 members (excludes halogenated alkanes) is 2. The number of benzene rings is 5. The van der Waals surface area contributed by atoms with Crippen LogP contribution in [0.25, 0.3) is 21.5 Å². The number of thiophene rings is 1. The molecule has 23 nitrogen and oxygen atoms in total. The van der Waals surface area contributed by atoms with Gasteiger partial charge in [0.1, 0.15) is 18.1 Å². The SMILES string of the molecule is CC[C@@H]1CN(C(=O)c2ccc(C(=O)N3C[C@@H](CCl)c4c3cc(OC(=O)N(C)CCN(C)C(=O)OCc3ccc(NC(=O)[C@H](CCCNC(N)=O)CC(=O)[C@@H](NC(=O)CCCCCN5C(=O)C=CC5=O)C(C)C)cc3)c3ccccc43)s2)c2cc(OC(C)=O)c3ccccc3c21. The maximum absolute atomic E-state index is 14.7. The molecule has 0 saturated carbocycles. The lowest BCUT2D eigenvalue weighted by Crippen LogP contribution is -2.45. The number of ketones is 1. The van der Waals surface area contributed by atoms with E-state index in [1.165, 1.54) is 43.0 Å². The Balaban J connectivity index is 0.775. The lowest BCUT2D eigenvalue weighted by atomic mass is 9.89. The largest absolute Gasteiger partial charge is 0.445 e. The summed E-state index contributed by atoms with van der Waals surface area (Å²) < 4.78 is 17.3. The number of imide groups is 1. The summed E-state index contributed by atoms with van der Waals surface area (Å²) in [5.41, 5.74) is 9.22. The molecular weight excluding hydrogens is 1260 g/mol. The second-order valence-electron chi connectivity index (χ2n) is 24.3. The third kappa shape index (κ3) is 16.6. The number of nitrogens with two attached hydrogens (primary N) is 1. The number of alkyl halides is 1. The quantitative estimate of drug-likeness (QED) is 0.0117. The smallest absolute Gasteiger partial charge is 0.415 e. The van der Waals surface area contributed by atoms with Crippen molar-refractivity contribution >= 4 is 127 Å². The molecule has 5 N–H and O–H groups in total. The molecule has 6 aromatic rings. The zero-order chi connectivity index (χ0) is 68.2. The highest BCUT2D eigenvalue weighted by atomic mass is 35.5. The average Bonchev–Trinajstić information content (AvgIpc) is 1.63. The number of anilines is 3. The minimum atomic E-state index is -0.880. The molecule has 4 heterocycles. The predicted octanol–water partition coefficient (Wildman–Crippen LogP) is 10.4. The molecule has 3 aliphatic heterocycles. The summed E-state index contributed by atoms with van der Waals surface area (Å²) in [5.74, 6) is -3.67. The van der Waals surface area contributed by atoms with E-state index >= 15 is 0 Å². The molecular formula is C70H78ClN9O14S. The number of urea groups is 1. The number of halogens is 1. The van der Waals surface area contributed by atoms with Gasteiger partial charge in [-0.15, -0.1) is 22.9 Å². The number of primary amides is 1. The molecule has 0 saturated heterocycles. The summed E-state index contributed by atoms with van der Waals surface area (Å²) >= 11 is 7.71. The van der Waals surface area contributed by atoms with Gasteiger partial charge >= 0.3 is 24.2 Å². The molecule has 0 unspecified atom stereocenters. The van der Waals surface area contributed by atoms with Crippen LogP contribution in [0.1, 0.15) is 127 Å². The molecule has 25 heteroatoms. The normalized spacial score (nSPS) is 15.3. The topological polar surface area (TPSA) is 294 Å². The first-order valence-electron chi connectivity index (χ1n) is 31.7. The van der Waals surface area contributed by atoms with E-state index in [4.69, 9.17) is 31.5 Å². The number of nitrogens with one attached hydrogen (secondary N) is 3. The number of carbonyl (C=O) groups is 11. The van der Waals surface area contributed by atoms with E-state index in [1.54, 1.807) is 72.2 Å². The summed E-state index contributed by atoms with van der Waals surface area (Å²) in [6.45, 7) is 8.00. The van der Waals surface area contributed by atoms with Gasteiger partial charge in [-0.25, -0.2) is 14.4 Å².